The molecule has 82 valence electrons. The quantitative estimate of drug-likeness (QED) is 0.619. The smallest absolute Gasteiger partial charge is 0.212 e. The second kappa shape index (κ2) is 3.81. The van der Waals surface area contributed by atoms with E-state index in [1.54, 1.807) is 29.9 Å². The highest BCUT2D eigenvalue weighted by atomic mass is 19.1. The number of ketones is 1. The van der Waals surface area contributed by atoms with Gasteiger partial charge in [-0.15, -0.1) is 0 Å². The number of nitrogens with two attached hydrogens (primary N) is 1. The van der Waals surface area contributed by atoms with Crippen LogP contribution in [0.15, 0.2) is 36.5 Å². The van der Waals surface area contributed by atoms with Gasteiger partial charge in [0.15, 0.2) is 0 Å². The maximum absolute atomic E-state index is 13.5. The number of benzene rings is 1. The summed E-state index contributed by atoms with van der Waals surface area (Å²) in [4.78, 5) is 12.0. The van der Waals surface area contributed by atoms with Crippen molar-refractivity contribution < 1.29 is 9.18 Å². The Hall–Kier alpha value is -2.10. The van der Waals surface area contributed by atoms with Gasteiger partial charge in [-0.25, -0.2) is 4.39 Å². The average Bonchev–Trinajstić information content (AvgIpc) is 2.67. The summed E-state index contributed by atoms with van der Waals surface area (Å²) in [6, 6.07) is 7.36. The lowest BCUT2D eigenvalue weighted by Crippen LogP contribution is -2.09. The molecule has 2 aromatic rings. The van der Waals surface area contributed by atoms with Gasteiger partial charge in [0.25, 0.3) is 0 Å². The van der Waals surface area contributed by atoms with Gasteiger partial charge in [0.2, 0.25) is 5.78 Å². The highest BCUT2D eigenvalue weighted by Gasteiger charge is 2.16. The fraction of sp³-hybridized carbons (Fsp3) is 0.0833. The molecule has 0 bridgehead atoms. The molecule has 2 N–H and O–H groups in total. The van der Waals surface area contributed by atoms with Crippen molar-refractivity contribution in [1.29, 1.82) is 0 Å². The van der Waals surface area contributed by atoms with Gasteiger partial charge >= 0.3 is 0 Å². The van der Waals surface area contributed by atoms with E-state index in [9.17, 15) is 9.18 Å². The van der Waals surface area contributed by atoms with Crippen molar-refractivity contribution in [3.8, 4) is 0 Å². The molecule has 3 nitrogen and oxygen atoms in total. The maximum atomic E-state index is 13.5. The summed E-state index contributed by atoms with van der Waals surface area (Å²) < 4.78 is 15.1. The minimum absolute atomic E-state index is 0.00167. The Labute approximate surface area is 92.3 Å². The van der Waals surface area contributed by atoms with Crippen LogP contribution in [0.25, 0.3) is 0 Å². The van der Waals surface area contributed by atoms with E-state index in [1.165, 1.54) is 18.2 Å². The average molecular weight is 218 g/mol. The number of rotatable bonds is 2. The van der Waals surface area contributed by atoms with Crippen LogP contribution in [0, 0.1) is 5.82 Å². The molecule has 0 amide bonds. The number of hydrogen-bond donors (Lipinski definition) is 1. The molecule has 0 unspecified atom stereocenters. The van der Waals surface area contributed by atoms with E-state index in [0.29, 0.717) is 11.4 Å². The molecule has 16 heavy (non-hydrogen) atoms. The number of halogens is 1. The van der Waals surface area contributed by atoms with Crippen LogP contribution >= 0.6 is 0 Å². The Morgan fingerprint density at radius 2 is 2.12 bits per heavy atom. The Morgan fingerprint density at radius 3 is 2.75 bits per heavy atom. The van der Waals surface area contributed by atoms with E-state index < -0.39 is 5.82 Å². The number of carbonyl (C=O) groups is 1. The normalized spacial score (nSPS) is 10.4. The molecule has 1 aromatic carbocycles. The molecule has 0 aliphatic carbocycles. The van der Waals surface area contributed by atoms with Crippen LogP contribution in [0.2, 0.25) is 0 Å². The lowest BCUT2D eigenvalue weighted by Gasteiger charge is -2.04. The molecular weight excluding hydrogens is 207 g/mol. The third kappa shape index (κ3) is 1.69. The third-order valence-corrected chi connectivity index (χ3v) is 2.41. The van der Waals surface area contributed by atoms with Gasteiger partial charge in [-0.2, -0.15) is 0 Å². The van der Waals surface area contributed by atoms with Gasteiger partial charge in [0, 0.05) is 18.9 Å². The number of nitrogen functional groups attached to an aromatic ring is 1. The lowest BCUT2D eigenvalue weighted by molar-refractivity contribution is 0.102. The standard InChI is InChI=1S/C12H11FN2O/c1-15-6-2-3-11(15)12(16)9-7-8(14)4-5-10(9)13/h2-7H,14H2,1H3. The molecule has 2 rings (SSSR count). The van der Waals surface area contributed by atoms with Crippen LogP contribution in [0.4, 0.5) is 10.1 Å². The molecule has 0 saturated carbocycles. The molecule has 0 aliphatic rings. The number of carbonyl (C=O) groups excluding carboxylic acids is 1. The number of hydrogen-bond acceptors (Lipinski definition) is 2. The van der Waals surface area contributed by atoms with E-state index in [-0.39, 0.29) is 11.3 Å². The molecule has 0 aliphatic heterocycles. The van der Waals surface area contributed by atoms with Crippen molar-refractivity contribution in [2.24, 2.45) is 7.05 Å². The first-order valence-electron chi connectivity index (χ1n) is 4.80. The lowest BCUT2D eigenvalue weighted by atomic mass is 10.1. The van der Waals surface area contributed by atoms with Gasteiger partial charge in [-0.3, -0.25) is 4.79 Å². The SMILES string of the molecule is Cn1cccc1C(=O)c1cc(N)ccc1F. The second-order valence-corrected chi connectivity index (χ2v) is 3.57. The van der Waals surface area contributed by atoms with Gasteiger partial charge < -0.3 is 10.3 Å². The predicted octanol–water partition coefficient (Wildman–Crippen LogP) is 1.98. The van der Waals surface area contributed by atoms with Crippen LogP contribution in [-0.4, -0.2) is 10.4 Å². The van der Waals surface area contributed by atoms with Crippen LogP contribution in [0.1, 0.15) is 16.1 Å². The Balaban J connectivity index is 2.49. The fourth-order valence-corrected chi connectivity index (χ4v) is 1.55. The Bertz CT molecular complexity index is 546. The molecule has 0 atom stereocenters. The summed E-state index contributed by atoms with van der Waals surface area (Å²) in [7, 11) is 1.73. The van der Waals surface area contributed by atoms with Crippen molar-refractivity contribution in [2.45, 2.75) is 0 Å². The minimum atomic E-state index is -0.555. The fourth-order valence-electron chi connectivity index (χ4n) is 1.55. The van der Waals surface area contributed by atoms with E-state index >= 15 is 0 Å². The first-order chi connectivity index (χ1) is 7.59. The second-order valence-electron chi connectivity index (χ2n) is 3.57. The first kappa shape index (κ1) is 10.4. The summed E-state index contributed by atoms with van der Waals surface area (Å²) in [6.07, 6.45) is 1.73. The summed E-state index contributed by atoms with van der Waals surface area (Å²) in [5.41, 5.74) is 6.34. The molecule has 4 heteroatoms. The van der Waals surface area contributed by atoms with E-state index in [1.807, 2.05) is 0 Å². The zero-order chi connectivity index (χ0) is 11.7. The van der Waals surface area contributed by atoms with Crippen LogP contribution in [-0.2, 0) is 7.05 Å². The first-order valence-corrected chi connectivity index (χ1v) is 4.80. The Kier molecular flexibility index (Phi) is 2.48. The molecule has 0 radical (unpaired) electrons. The van der Waals surface area contributed by atoms with Crippen molar-refractivity contribution in [3.63, 3.8) is 0 Å². The van der Waals surface area contributed by atoms with Crippen LogP contribution in [0.5, 0.6) is 0 Å². The number of nitrogens with zero attached hydrogens (tertiary/aromatic N) is 1. The predicted molar refractivity (Wildman–Crippen MR) is 59.7 cm³/mol. The van der Waals surface area contributed by atoms with Gasteiger partial charge in [-0.1, -0.05) is 0 Å². The van der Waals surface area contributed by atoms with Gasteiger partial charge in [0.05, 0.1) is 11.3 Å². The number of anilines is 1. The monoisotopic (exact) mass is 218 g/mol. The summed E-state index contributed by atoms with van der Waals surface area (Å²) in [5, 5.41) is 0. The van der Waals surface area contributed by atoms with Gasteiger partial charge in [-0.05, 0) is 30.3 Å². The highest BCUT2D eigenvalue weighted by molar-refractivity contribution is 6.08. The largest absolute Gasteiger partial charge is 0.399 e. The van der Waals surface area contributed by atoms with E-state index in [4.69, 9.17) is 5.73 Å². The van der Waals surface area contributed by atoms with Crippen molar-refractivity contribution in [1.82, 2.24) is 4.57 Å². The third-order valence-electron chi connectivity index (χ3n) is 2.41. The van der Waals surface area contributed by atoms with Crippen LogP contribution in [0.3, 0.4) is 0 Å². The zero-order valence-electron chi connectivity index (χ0n) is 8.77. The van der Waals surface area contributed by atoms with Crippen molar-refractivity contribution in [2.75, 3.05) is 5.73 Å². The maximum Gasteiger partial charge on any atom is 0.212 e. The Morgan fingerprint density at radius 1 is 1.38 bits per heavy atom. The summed E-state index contributed by atoms with van der Waals surface area (Å²) in [5.74, 6) is -0.919. The summed E-state index contributed by atoms with van der Waals surface area (Å²) >= 11 is 0. The van der Waals surface area contributed by atoms with Gasteiger partial charge in [0.1, 0.15) is 5.82 Å². The molecule has 0 fully saturated rings. The minimum Gasteiger partial charge on any atom is -0.399 e. The van der Waals surface area contributed by atoms with Crippen molar-refractivity contribution >= 4 is 11.5 Å². The van der Waals surface area contributed by atoms with E-state index in [2.05, 4.69) is 0 Å². The molecule has 1 aromatic heterocycles. The summed E-state index contributed by atoms with van der Waals surface area (Å²) in [6.45, 7) is 0. The van der Waals surface area contributed by atoms with Crippen molar-refractivity contribution in [3.05, 3.63) is 53.6 Å². The zero-order valence-corrected chi connectivity index (χ0v) is 8.77. The molecule has 1 heterocycles. The number of aryl methyl sites for hydroxylation is 1. The number of aromatic nitrogens is 1. The molecule has 0 saturated heterocycles. The highest BCUT2D eigenvalue weighted by Crippen LogP contribution is 2.16. The van der Waals surface area contributed by atoms with E-state index in [0.717, 1.165) is 0 Å². The molecule has 0 spiro atoms. The topological polar surface area (TPSA) is 48.0 Å². The molecular formula is C12H11FN2O. The van der Waals surface area contributed by atoms with Crippen LogP contribution < -0.4 is 5.73 Å².